The first-order valence-corrected chi connectivity index (χ1v) is 8.23. The highest BCUT2D eigenvalue weighted by Gasteiger charge is 2.21. The summed E-state index contributed by atoms with van der Waals surface area (Å²) in [6, 6.07) is 4.68. The zero-order chi connectivity index (χ0) is 15.4. The van der Waals surface area contributed by atoms with Crippen LogP contribution in [-0.4, -0.2) is 38.9 Å². The van der Waals surface area contributed by atoms with Gasteiger partial charge in [0.25, 0.3) is 0 Å². The molecule has 3 nitrogen and oxygen atoms in total. The highest BCUT2D eigenvalue weighted by Crippen LogP contribution is 2.22. The fourth-order valence-corrected chi connectivity index (χ4v) is 3.33. The maximum Gasteiger partial charge on any atom is 0.160 e. The van der Waals surface area contributed by atoms with Crippen LogP contribution in [0.5, 0.6) is 0 Å². The van der Waals surface area contributed by atoms with Crippen LogP contribution in [-0.2, 0) is 4.74 Å². The molecule has 0 radical (unpaired) electrons. The molecule has 2 aliphatic heterocycles. The highest BCUT2D eigenvalue weighted by atomic mass is 19.2. The molecule has 1 N–H and O–H groups in total. The molecule has 1 atom stereocenters. The number of benzene rings is 1. The van der Waals surface area contributed by atoms with Crippen molar-refractivity contribution in [3.63, 3.8) is 0 Å². The molecule has 0 amide bonds. The molecule has 2 aliphatic rings. The first-order valence-electron chi connectivity index (χ1n) is 8.23. The highest BCUT2D eigenvalue weighted by molar-refractivity contribution is 5.47. The number of rotatable bonds is 4. The maximum atomic E-state index is 13.3. The summed E-state index contributed by atoms with van der Waals surface area (Å²) in [6.45, 7) is 4.56. The van der Waals surface area contributed by atoms with E-state index in [0.717, 1.165) is 51.4 Å². The number of nitrogens with zero attached hydrogens (tertiary/aromatic N) is 1. The van der Waals surface area contributed by atoms with E-state index in [9.17, 15) is 8.78 Å². The molecule has 3 rings (SSSR count). The average molecular weight is 310 g/mol. The molecule has 0 aliphatic carbocycles. The average Bonchev–Trinajstić information content (AvgIpc) is 2.57. The van der Waals surface area contributed by atoms with Gasteiger partial charge in [-0.3, -0.25) is 0 Å². The Labute approximate surface area is 130 Å². The van der Waals surface area contributed by atoms with Crippen molar-refractivity contribution in [2.45, 2.75) is 31.7 Å². The summed E-state index contributed by atoms with van der Waals surface area (Å²) in [5, 5.41) is 3.64. The molecule has 0 aromatic heterocycles. The first kappa shape index (κ1) is 15.7. The third-order valence-electron chi connectivity index (χ3n) is 4.71. The van der Waals surface area contributed by atoms with E-state index in [1.165, 1.54) is 25.0 Å². The van der Waals surface area contributed by atoms with Crippen LogP contribution in [0.3, 0.4) is 0 Å². The van der Waals surface area contributed by atoms with Crippen LogP contribution in [0.1, 0.15) is 25.7 Å². The van der Waals surface area contributed by atoms with Gasteiger partial charge in [-0.05, 0) is 43.7 Å². The summed E-state index contributed by atoms with van der Waals surface area (Å²) >= 11 is 0. The summed E-state index contributed by atoms with van der Waals surface area (Å²) in [5.41, 5.74) is 0.776. The summed E-state index contributed by atoms with van der Waals surface area (Å²) < 4.78 is 31.8. The molecule has 0 spiro atoms. The topological polar surface area (TPSA) is 24.5 Å². The molecule has 1 unspecified atom stereocenters. The van der Waals surface area contributed by atoms with Crippen molar-refractivity contribution in [1.82, 2.24) is 5.32 Å². The van der Waals surface area contributed by atoms with Crippen LogP contribution in [0.4, 0.5) is 14.5 Å². The van der Waals surface area contributed by atoms with Gasteiger partial charge in [-0.15, -0.1) is 0 Å². The van der Waals surface area contributed by atoms with E-state index < -0.39 is 11.6 Å². The van der Waals surface area contributed by atoms with Crippen LogP contribution in [0, 0.1) is 17.6 Å². The van der Waals surface area contributed by atoms with Gasteiger partial charge in [0.05, 0.1) is 6.61 Å². The molecule has 1 aromatic carbocycles. The van der Waals surface area contributed by atoms with Crippen LogP contribution in [0.25, 0.3) is 0 Å². The number of ether oxygens (including phenoxy) is 1. The van der Waals surface area contributed by atoms with Crippen molar-refractivity contribution in [2.75, 3.05) is 37.7 Å². The van der Waals surface area contributed by atoms with Crippen molar-refractivity contribution >= 4 is 5.69 Å². The maximum absolute atomic E-state index is 13.3. The number of anilines is 1. The third kappa shape index (κ3) is 3.96. The quantitative estimate of drug-likeness (QED) is 0.925. The fourth-order valence-electron chi connectivity index (χ4n) is 3.33. The number of hydrogen-bond donors (Lipinski definition) is 1. The van der Waals surface area contributed by atoms with Crippen LogP contribution < -0.4 is 10.2 Å². The van der Waals surface area contributed by atoms with Crippen LogP contribution in [0.2, 0.25) is 0 Å². The van der Waals surface area contributed by atoms with E-state index in [1.807, 2.05) is 0 Å². The summed E-state index contributed by atoms with van der Waals surface area (Å²) in [4.78, 5) is 2.13. The Morgan fingerprint density at radius 3 is 2.64 bits per heavy atom. The monoisotopic (exact) mass is 310 g/mol. The second-order valence-corrected chi connectivity index (χ2v) is 6.35. The standard InChI is InChI=1S/C17H24F2N2O/c18-16-4-3-15(10-17(16)19)21-7-5-14(6-8-21)20-11-13-2-1-9-22-12-13/h3-4,10,13-14,20H,1-2,5-9,11-12H2. The largest absolute Gasteiger partial charge is 0.381 e. The van der Waals surface area contributed by atoms with Crippen molar-refractivity contribution < 1.29 is 13.5 Å². The second kappa shape index (κ2) is 7.38. The lowest BCUT2D eigenvalue weighted by Crippen LogP contribution is -2.44. The van der Waals surface area contributed by atoms with E-state index in [-0.39, 0.29) is 0 Å². The Morgan fingerprint density at radius 1 is 1.14 bits per heavy atom. The van der Waals surface area contributed by atoms with Gasteiger partial charge in [0.1, 0.15) is 0 Å². The van der Waals surface area contributed by atoms with Gasteiger partial charge in [-0.2, -0.15) is 0 Å². The van der Waals surface area contributed by atoms with Gasteiger partial charge >= 0.3 is 0 Å². The SMILES string of the molecule is Fc1ccc(N2CCC(NCC3CCCOC3)CC2)cc1F. The lowest BCUT2D eigenvalue weighted by molar-refractivity contribution is 0.0535. The molecular weight excluding hydrogens is 286 g/mol. The van der Waals surface area contributed by atoms with Crippen LogP contribution >= 0.6 is 0 Å². The van der Waals surface area contributed by atoms with E-state index in [0.29, 0.717) is 12.0 Å². The molecule has 2 heterocycles. The molecule has 22 heavy (non-hydrogen) atoms. The molecule has 2 fully saturated rings. The first-order chi connectivity index (χ1) is 10.7. The van der Waals surface area contributed by atoms with Gasteiger partial charge < -0.3 is 15.0 Å². The van der Waals surface area contributed by atoms with Crippen molar-refractivity contribution in [3.8, 4) is 0 Å². The molecule has 122 valence electrons. The molecular formula is C17H24F2N2O. The van der Waals surface area contributed by atoms with E-state index in [4.69, 9.17) is 4.74 Å². The number of hydrogen-bond acceptors (Lipinski definition) is 3. The van der Waals surface area contributed by atoms with E-state index in [2.05, 4.69) is 10.2 Å². The molecule has 0 bridgehead atoms. The lowest BCUT2D eigenvalue weighted by Gasteiger charge is -2.35. The van der Waals surface area contributed by atoms with Gasteiger partial charge in [-0.25, -0.2) is 8.78 Å². The normalized spacial score (nSPS) is 23.7. The Bertz CT molecular complexity index is 484. The van der Waals surface area contributed by atoms with Gasteiger partial charge in [-0.1, -0.05) is 0 Å². The van der Waals surface area contributed by atoms with E-state index >= 15 is 0 Å². The minimum Gasteiger partial charge on any atom is -0.381 e. The van der Waals surface area contributed by atoms with Gasteiger partial charge in [0.15, 0.2) is 11.6 Å². The van der Waals surface area contributed by atoms with Crippen LogP contribution in [0.15, 0.2) is 18.2 Å². The number of piperidine rings is 1. The Morgan fingerprint density at radius 2 is 1.95 bits per heavy atom. The summed E-state index contributed by atoms with van der Waals surface area (Å²) in [6.07, 6.45) is 4.49. The number of nitrogens with one attached hydrogen (secondary N) is 1. The smallest absolute Gasteiger partial charge is 0.160 e. The minimum absolute atomic E-state index is 0.517. The molecule has 1 aromatic rings. The zero-order valence-corrected chi connectivity index (χ0v) is 12.9. The van der Waals surface area contributed by atoms with Crippen molar-refractivity contribution in [2.24, 2.45) is 5.92 Å². The van der Waals surface area contributed by atoms with Crippen molar-refractivity contribution in [3.05, 3.63) is 29.8 Å². The van der Waals surface area contributed by atoms with Gasteiger partial charge in [0, 0.05) is 44.0 Å². The Balaban J connectivity index is 1.44. The minimum atomic E-state index is -0.782. The van der Waals surface area contributed by atoms with Crippen molar-refractivity contribution in [1.29, 1.82) is 0 Å². The Hall–Kier alpha value is -1.20. The third-order valence-corrected chi connectivity index (χ3v) is 4.71. The predicted molar refractivity (Wildman–Crippen MR) is 83.1 cm³/mol. The van der Waals surface area contributed by atoms with Gasteiger partial charge in [0.2, 0.25) is 0 Å². The van der Waals surface area contributed by atoms with E-state index in [1.54, 1.807) is 6.07 Å². The second-order valence-electron chi connectivity index (χ2n) is 6.35. The number of halogens is 2. The zero-order valence-electron chi connectivity index (χ0n) is 12.9. The molecule has 5 heteroatoms. The lowest BCUT2D eigenvalue weighted by atomic mass is 9.99. The summed E-state index contributed by atoms with van der Waals surface area (Å²) in [7, 11) is 0. The fraction of sp³-hybridized carbons (Fsp3) is 0.647. The summed E-state index contributed by atoms with van der Waals surface area (Å²) in [5.74, 6) is -0.914. The predicted octanol–water partition coefficient (Wildman–Crippen LogP) is 2.95. The molecule has 0 saturated carbocycles. The Kier molecular flexibility index (Phi) is 5.26. The molecule has 2 saturated heterocycles.